The highest BCUT2D eigenvalue weighted by molar-refractivity contribution is 7.89. The van der Waals surface area contributed by atoms with Crippen LogP contribution in [0, 0.1) is 5.92 Å². The van der Waals surface area contributed by atoms with Crippen LogP contribution in [-0.2, 0) is 23.1 Å². The lowest BCUT2D eigenvalue weighted by atomic mass is 10.0. The second kappa shape index (κ2) is 14.4. The molecule has 0 radical (unpaired) electrons. The second-order valence-corrected chi connectivity index (χ2v) is 13.7. The van der Waals surface area contributed by atoms with Gasteiger partial charge in [0.1, 0.15) is 24.0 Å². The number of fused-ring (bicyclic) bond motifs is 2. The predicted molar refractivity (Wildman–Crippen MR) is 175 cm³/mol. The molecule has 0 aliphatic carbocycles. The molecule has 6 rings (SSSR count). The highest BCUT2D eigenvalue weighted by Gasteiger charge is 2.33. The van der Waals surface area contributed by atoms with Crippen LogP contribution in [0.1, 0.15) is 25.0 Å². The van der Waals surface area contributed by atoms with Gasteiger partial charge < -0.3 is 38.2 Å². The van der Waals surface area contributed by atoms with Crippen molar-refractivity contribution in [3.8, 4) is 23.0 Å². The molecule has 2 aromatic heterocycles. The Kier molecular flexibility index (Phi) is 9.90. The van der Waals surface area contributed by atoms with Crippen molar-refractivity contribution in [2.75, 3.05) is 19.9 Å². The third-order valence-corrected chi connectivity index (χ3v) is 9.53. The van der Waals surface area contributed by atoms with Crippen LogP contribution in [0.5, 0.6) is 23.0 Å². The van der Waals surface area contributed by atoms with Crippen molar-refractivity contribution in [3.05, 3.63) is 103 Å². The molecule has 0 fully saturated rings. The Bertz CT molecular complexity index is 1940. The average Bonchev–Trinajstić information content (AvgIpc) is 3.83. The number of hydrogen-bond acceptors (Lipinski definition) is 10. The molecule has 1 amide bonds. The summed E-state index contributed by atoms with van der Waals surface area (Å²) in [6.07, 6.45) is 0.603. The van der Waals surface area contributed by atoms with E-state index in [1.807, 2.05) is 56.3 Å². The SMILES string of the molecule is CC(C)CN(C[C@@H](O)[C@H](Cc1ccc(OCc2ccccc2)cc1)NC(=O)Oc1coc2occc12)S(=O)(=O)c1ccc2c(c1)OCO2. The van der Waals surface area contributed by atoms with Crippen molar-refractivity contribution in [2.45, 2.75) is 43.9 Å². The van der Waals surface area contributed by atoms with Crippen molar-refractivity contribution in [1.82, 2.24) is 9.62 Å². The number of aliphatic hydroxyl groups is 1. The zero-order chi connectivity index (χ0) is 33.7. The van der Waals surface area contributed by atoms with E-state index in [1.54, 1.807) is 24.3 Å². The molecule has 2 atom stereocenters. The van der Waals surface area contributed by atoms with E-state index in [9.17, 15) is 18.3 Å². The van der Waals surface area contributed by atoms with Gasteiger partial charge in [-0.1, -0.05) is 56.3 Å². The topological polar surface area (TPSA) is 150 Å². The maximum absolute atomic E-state index is 13.9. The van der Waals surface area contributed by atoms with Gasteiger partial charge in [-0.05, 0) is 53.8 Å². The van der Waals surface area contributed by atoms with Gasteiger partial charge >= 0.3 is 11.9 Å². The highest BCUT2D eigenvalue weighted by Crippen LogP contribution is 2.35. The fourth-order valence-corrected chi connectivity index (χ4v) is 6.94. The molecule has 0 bridgehead atoms. The Morgan fingerprint density at radius 1 is 0.938 bits per heavy atom. The lowest BCUT2D eigenvalue weighted by Crippen LogP contribution is -2.51. The van der Waals surface area contributed by atoms with E-state index >= 15 is 0 Å². The molecule has 12 nitrogen and oxygen atoms in total. The quantitative estimate of drug-likeness (QED) is 0.149. The predicted octanol–water partition coefficient (Wildman–Crippen LogP) is 5.74. The van der Waals surface area contributed by atoms with Gasteiger partial charge in [0.2, 0.25) is 16.8 Å². The van der Waals surface area contributed by atoms with Crippen LogP contribution in [0.15, 0.2) is 105 Å². The molecular formula is C35H36N2O10S. The fraction of sp³-hybridized carbons (Fsp3) is 0.286. The summed E-state index contributed by atoms with van der Waals surface area (Å²) in [5.41, 5.74) is 1.79. The molecule has 5 aromatic rings. The molecule has 0 spiro atoms. The summed E-state index contributed by atoms with van der Waals surface area (Å²) < 4.78 is 61.6. The van der Waals surface area contributed by atoms with Crippen LogP contribution in [-0.4, -0.2) is 56.0 Å². The smallest absolute Gasteiger partial charge is 0.413 e. The van der Waals surface area contributed by atoms with E-state index in [1.165, 1.54) is 29.0 Å². The second-order valence-electron chi connectivity index (χ2n) is 11.8. The molecule has 252 valence electrons. The molecule has 48 heavy (non-hydrogen) atoms. The molecule has 0 unspecified atom stereocenters. The molecule has 1 aliphatic heterocycles. The van der Waals surface area contributed by atoms with Crippen LogP contribution < -0.4 is 24.3 Å². The molecule has 3 aromatic carbocycles. The third kappa shape index (κ3) is 7.76. The Morgan fingerprint density at radius 2 is 1.71 bits per heavy atom. The number of benzene rings is 3. The standard InChI is InChI=1S/C35H36N2O10S/c1-23(2)18-37(48(40,41)27-12-13-31-32(17-27)46-22-45-31)19-30(38)29(36-35(39)47-33-21-44-34-28(33)14-15-42-34)16-24-8-10-26(11-9-24)43-20-25-6-4-3-5-7-25/h3-15,17,21,23,29-30,38H,16,18-20,22H2,1-2H3,(H,36,39)/t29-,30+/m0/s1. The lowest BCUT2D eigenvalue weighted by Gasteiger charge is -2.30. The van der Waals surface area contributed by atoms with Crippen LogP contribution in [0.3, 0.4) is 0 Å². The number of aliphatic hydroxyl groups excluding tert-OH is 1. The van der Waals surface area contributed by atoms with E-state index in [0.717, 1.165) is 11.1 Å². The summed E-state index contributed by atoms with van der Waals surface area (Å²) >= 11 is 0. The highest BCUT2D eigenvalue weighted by atomic mass is 32.2. The van der Waals surface area contributed by atoms with Crippen LogP contribution >= 0.6 is 0 Å². The van der Waals surface area contributed by atoms with Gasteiger partial charge in [-0.25, -0.2) is 13.2 Å². The van der Waals surface area contributed by atoms with Gasteiger partial charge in [-0.2, -0.15) is 4.31 Å². The first-order chi connectivity index (χ1) is 23.2. The van der Waals surface area contributed by atoms with Crippen molar-refractivity contribution < 1.29 is 46.1 Å². The van der Waals surface area contributed by atoms with Crippen LogP contribution in [0.25, 0.3) is 11.2 Å². The van der Waals surface area contributed by atoms with Crippen LogP contribution in [0.4, 0.5) is 4.79 Å². The summed E-state index contributed by atoms with van der Waals surface area (Å²) in [5.74, 6) is 1.69. The molecule has 0 saturated carbocycles. The van der Waals surface area contributed by atoms with E-state index in [4.69, 9.17) is 27.8 Å². The number of nitrogens with one attached hydrogen (secondary N) is 1. The van der Waals surface area contributed by atoms with Gasteiger partial charge in [0.15, 0.2) is 17.2 Å². The van der Waals surface area contributed by atoms with Crippen molar-refractivity contribution in [1.29, 1.82) is 0 Å². The molecular weight excluding hydrogens is 640 g/mol. The van der Waals surface area contributed by atoms with Crippen molar-refractivity contribution >= 4 is 27.3 Å². The number of amides is 1. The van der Waals surface area contributed by atoms with E-state index in [0.29, 0.717) is 29.2 Å². The van der Waals surface area contributed by atoms with E-state index in [-0.39, 0.29) is 48.6 Å². The number of carbonyl (C=O) groups excluding carboxylic acids is 1. The van der Waals surface area contributed by atoms with Gasteiger partial charge in [-0.3, -0.25) is 0 Å². The van der Waals surface area contributed by atoms with E-state index < -0.39 is 28.3 Å². The zero-order valence-electron chi connectivity index (χ0n) is 26.4. The normalized spacial score (nSPS) is 13.9. The Morgan fingerprint density at radius 3 is 2.48 bits per heavy atom. The van der Waals surface area contributed by atoms with Gasteiger partial charge in [-0.15, -0.1) is 0 Å². The number of rotatable bonds is 14. The Hall–Kier alpha value is -4.98. The first kappa shape index (κ1) is 32.9. The number of carbonyl (C=O) groups is 1. The van der Waals surface area contributed by atoms with Gasteiger partial charge in [0.05, 0.1) is 23.3 Å². The van der Waals surface area contributed by atoms with Crippen molar-refractivity contribution in [2.24, 2.45) is 5.92 Å². The monoisotopic (exact) mass is 676 g/mol. The summed E-state index contributed by atoms with van der Waals surface area (Å²) in [4.78, 5) is 13.1. The number of furan rings is 2. The third-order valence-electron chi connectivity index (χ3n) is 7.71. The summed E-state index contributed by atoms with van der Waals surface area (Å²) in [5, 5.41) is 14.8. The van der Waals surface area contributed by atoms with Gasteiger partial charge in [0, 0.05) is 19.2 Å². The number of nitrogens with zero attached hydrogens (tertiary/aromatic N) is 1. The van der Waals surface area contributed by atoms with Crippen molar-refractivity contribution in [3.63, 3.8) is 0 Å². The summed E-state index contributed by atoms with van der Waals surface area (Å²) in [7, 11) is -4.09. The summed E-state index contributed by atoms with van der Waals surface area (Å²) in [6.45, 7) is 3.97. The number of hydrogen-bond donors (Lipinski definition) is 2. The summed E-state index contributed by atoms with van der Waals surface area (Å²) in [6, 6.07) is 22.1. The first-order valence-corrected chi connectivity index (χ1v) is 16.9. The largest absolute Gasteiger partial charge is 0.489 e. The first-order valence-electron chi connectivity index (χ1n) is 15.4. The van der Waals surface area contributed by atoms with Crippen LogP contribution in [0.2, 0.25) is 0 Å². The maximum atomic E-state index is 13.9. The minimum atomic E-state index is -4.09. The average molecular weight is 677 g/mol. The maximum Gasteiger partial charge on any atom is 0.413 e. The molecule has 13 heteroatoms. The van der Waals surface area contributed by atoms with E-state index in [2.05, 4.69) is 5.32 Å². The molecule has 1 aliphatic rings. The molecule has 0 saturated heterocycles. The Balaban J connectivity index is 1.21. The fourth-order valence-electron chi connectivity index (χ4n) is 5.30. The minimum absolute atomic E-state index is 0.00121. The lowest BCUT2D eigenvalue weighted by molar-refractivity contribution is 0.0991. The number of ether oxygens (including phenoxy) is 4. The van der Waals surface area contributed by atoms with Gasteiger partial charge in [0.25, 0.3) is 0 Å². The Labute approximate surface area is 277 Å². The zero-order valence-corrected chi connectivity index (χ0v) is 27.2. The minimum Gasteiger partial charge on any atom is -0.489 e. The molecule has 3 heterocycles. The number of sulfonamides is 1. The molecule has 2 N–H and O–H groups in total.